The zero-order valence-electron chi connectivity index (χ0n) is 9.34. The Kier molecular flexibility index (Phi) is 4.56. The summed E-state index contributed by atoms with van der Waals surface area (Å²) in [4.78, 5) is 3.93. The van der Waals surface area contributed by atoms with Crippen LogP contribution in [0.15, 0.2) is 12.1 Å². The molecule has 0 aliphatic carbocycles. The highest BCUT2D eigenvalue weighted by Gasteiger charge is 2.29. The van der Waals surface area contributed by atoms with Crippen LogP contribution in [0.3, 0.4) is 0 Å². The summed E-state index contributed by atoms with van der Waals surface area (Å²) in [5.74, 6) is -0.170. The quantitative estimate of drug-likeness (QED) is 0.827. The van der Waals surface area contributed by atoms with Crippen molar-refractivity contribution in [2.75, 3.05) is 25.9 Å². The largest absolute Gasteiger partial charge is 0.467 e. The number of aromatic nitrogens is 1. The van der Waals surface area contributed by atoms with Crippen molar-refractivity contribution in [3.05, 3.63) is 17.8 Å². The fourth-order valence-corrected chi connectivity index (χ4v) is 1.15. The molecular weight excluding hydrogens is 235 g/mol. The smallest absolute Gasteiger partial charge is 0.422 e. The minimum absolute atomic E-state index is 0.0995. The van der Waals surface area contributed by atoms with E-state index < -0.39 is 12.8 Å². The van der Waals surface area contributed by atoms with Crippen LogP contribution in [0.25, 0.3) is 0 Å². The van der Waals surface area contributed by atoms with Gasteiger partial charge in [-0.15, -0.1) is 0 Å². The van der Waals surface area contributed by atoms with Crippen LogP contribution in [0.4, 0.5) is 18.9 Å². The number of nitrogens with one attached hydrogen (secondary N) is 1. The summed E-state index contributed by atoms with van der Waals surface area (Å²) in [7, 11) is 1.78. The predicted octanol–water partition coefficient (Wildman–Crippen LogP) is 1.37. The Bertz CT molecular complexity index is 368. The van der Waals surface area contributed by atoms with Crippen LogP contribution in [-0.2, 0) is 6.42 Å². The topological polar surface area (TPSA) is 60.2 Å². The van der Waals surface area contributed by atoms with E-state index in [1.165, 1.54) is 6.07 Å². The number of halogens is 3. The molecule has 96 valence electrons. The molecule has 1 aromatic heterocycles. The van der Waals surface area contributed by atoms with Gasteiger partial charge in [-0.2, -0.15) is 13.2 Å². The summed E-state index contributed by atoms with van der Waals surface area (Å²) in [6.45, 7) is -0.713. The normalized spacial score (nSPS) is 11.5. The zero-order chi connectivity index (χ0) is 12.9. The fraction of sp³-hybridized carbons (Fsp3) is 0.500. The molecule has 1 rings (SSSR count). The van der Waals surface area contributed by atoms with E-state index in [9.17, 15) is 13.2 Å². The molecule has 0 bridgehead atoms. The standard InChI is InChI=1S/C10H14F3N3O/c1-15-5-4-7-2-3-8(14)9(16-7)17-6-10(11,12)13/h2-3,15H,4-6,14H2,1H3. The van der Waals surface area contributed by atoms with Gasteiger partial charge in [-0.05, 0) is 19.2 Å². The molecule has 0 radical (unpaired) electrons. The second-order valence-corrected chi connectivity index (χ2v) is 3.45. The van der Waals surface area contributed by atoms with E-state index in [0.717, 1.165) is 0 Å². The number of nitrogens with zero attached hydrogens (tertiary/aromatic N) is 1. The highest BCUT2D eigenvalue weighted by atomic mass is 19.4. The van der Waals surface area contributed by atoms with Crippen LogP contribution < -0.4 is 15.8 Å². The molecule has 4 nitrogen and oxygen atoms in total. The van der Waals surface area contributed by atoms with Gasteiger partial charge in [0.25, 0.3) is 0 Å². The Balaban J connectivity index is 2.69. The van der Waals surface area contributed by atoms with Gasteiger partial charge >= 0.3 is 6.18 Å². The Labute approximate surface area is 97.0 Å². The molecule has 1 heterocycles. The highest BCUT2D eigenvalue weighted by molar-refractivity contribution is 5.48. The second-order valence-electron chi connectivity index (χ2n) is 3.45. The van der Waals surface area contributed by atoms with Gasteiger partial charge in [-0.25, -0.2) is 4.98 Å². The van der Waals surface area contributed by atoms with Crippen LogP contribution in [0.2, 0.25) is 0 Å². The van der Waals surface area contributed by atoms with Gasteiger partial charge in [0.05, 0.1) is 5.69 Å². The Morgan fingerprint density at radius 2 is 2.12 bits per heavy atom. The number of hydrogen-bond acceptors (Lipinski definition) is 4. The summed E-state index contributed by atoms with van der Waals surface area (Å²) in [6, 6.07) is 3.15. The molecule has 0 unspecified atom stereocenters. The Morgan fingerprint density at radius 1 is 1.41 bits per heavy atom. The average molecular weight is 249 g/mol. The average Bonchev–Trinajstić information content (AvgIpc) is 2.25. The van der Waals surface area contributed by atoms with Crippen LogP contribution in [0, 0.1) is 0 Å². The van der Waals surface area contributed by atoms with Crippen LogP contribution in [-0.4, -0.2) is 31.4 Å². The molecule has 0 aliphatic heterocycles. The molecule has 0 saturated heterocycles. The third-order valence-corrected chi connectivity index (χ3v) is 1.95. The lowest BCUT2D eigenvalue weighted by molar-refractivity contribution is -0.153. The minimum Gasteiger partial charge on any atom is -0.467 e. The summed E-state index contributed by atoms with van der Waals surface area (Å²) < 4.78 is 40.5. The number of alkyl halides is 3. The minimum atomic E-state index is -4.39. The van der Waals surface area contributed by atoms with E-state index in [1.807, 2.05) is 0 Å². The maximum absolute atomic E-state index is 12.0. The summed E-state index contributed by atoms with van der Waals surface area (Å²) in [5.41, 5.74) is 6.21. The van der Waals surface area contributed by atoms with E-state index in [2.05, 4.69) is 15.0 Å². The maximum Gasteiger partial charge on any atom is 0.422 e. The number of ether oxygens (including phenoxy) is 1. The van der Waals surface area contributed by atoms with Gasteiger partial charge in [-0.1, -0.05) is 0 Å². The van der Waals surface area contributed by atoms with E-state index in [4.69, 9.17) is 5.73 Å². The third kappa shape index (κ3) is 4.90. The molecule has 0 spiro atoms. The summed E-state index contributed by atoms with van der Waals surface area (Å²) >= 11 is 0. The van der Waals surface area contributed by atoms with E-state index >= 15 is 0 Å². The van der Waals surface area contributed by atoms with Crippen LogP contribution >= 0.6 is 0 Å². The molecule has 0 amide bonds. The first-order chi connectivity index (χ1) is 7.92. The second kappa shape index (κ2) is 5.72. The first-order valence-electron chi connectivity index (χ1n) is 5.02. The van der Waals surface area contributed by atoms with Gasteiger partial charge in [0, 0.05) is 18.7 Å². The fourth-order valence-electron chi connectivity index (χ4n) is 1.15. The number of rotatable bonds is 5. The zero-order valence-corrected chi connectivity index (χ0v) is 9.34. The lowest BCUT2D eigenvalue weighted by Gasteiger charge is -2.11. The Hall–Kier alpha value is -1.50. The Morgan fingerprint density at radius 3 is 2.71 bits per heavy atom. The highest BCUT2D eigenvalue weighted by Crippen LogP contribution is 2.22. The van der Waals surface area contributed by atoms with Crippen molar-refractivity contribution in [1.82, 2.24) is 10.3 Å². The summed E-state index contributed by atoms with van der Waals surface area (Å²) in [5, 5.41) is 2.91. The van der Waals surface area contributed by atoms with Crippen molar-refractivity contribution in [2.45, 2.75) is 12.6 Å². The van der Waals surface area contributed by atoms with E-state index in [-0.39, 0.29) is 11.6 Å². The van der Waals surface area contributed by atoms with Crippen molar-refractivity contribution < 1.29 is 17.9 Å². The van der Waals surface area contributed by atoms with Gasteiger partial charge in [0.2, 0.25) is 5.88 Å². The van der Waals surface area contributed by atoms with Gasteiger partial charge in [-0.3, -0.25) is 0 Å². The monoisotopic (exact) mass is 249 g/mol. The lowest BCUT2D eigenvalue weighted by atomic mass is 10.2. The van der Waals surface area contributed by atoms with E-state index in [0.29, 0.717) is 18.7 Å². The van der Waals surface area contributed by atoms with Gasteiger partial charge < -0.3 is 15.8 Å². The van der Waals surface area contributed by atoms with Crippen molar-refractivity contribution >= 4 is 5.69 Å². The predicted molar refractivity (Wildman–Crippen MR) is 57.8 cm³/mol. The van der Waals surface area contributed by atoms with Crippen molar-refractivity contribution in [1.29, 1.82) is 0 Å². The molecule has 0 fully saturated rings. The summed E-state index contributed by atoms with van der Waals surface area (Å²) in [6.07, 6.45) is -3.80. The molecule has 0 aromatic carbocycles. The molecule has 0 saturated carbocycles. The van der Waals surface area contributed by atoms with Crippen molar-refractivity contribution in [3.63, 3.8) is 0 Å². The molecule has 7 heteroatoms. The SMILES string of the molecule is CNCCc1ccc(N)c(OCC(F)(F)F)n1. The molecule has 0 atom stereocenters. The number of nitrogen functional groups attached to an aromatic ring is 1. The number of pyridine rings is 1. The number of nitrogens with two attached hydrogens (primary N) is 1. The van der Waals surface area contributed by atoms with Crippen molar-refractivity contribution in [2.24, 2.45) is 0 Å². The molecule has 0 aliphatic rings. The van der Waals surface area contributed by atoms with Gasteiger partial charge in [0.1, 0.15) is 0 Å². The van der Waals surface area contributed by atoms with Crippen molar-refractivity contribution in [3.8, 4) is 5.88 Å². The molecule has 17 heavy (non-hydrogen) atoms. The van der Waals surface area contributed by atoms with E-state index in [1.54, 1.807) is 13.1 Å². The lowest BCUT2D eigenvalue weighted by Crippen LogP contribution is -2.20. The molecular formula is C10H14F3N3O. The number of anilines is 1. The molecule has 1 aromatic rings. The number of likely N-dealkylation sites (N-methyl/N-ethyl adjacent to an activating group) is 1. The maximum atomic E-state index is 12.0. The first-order valence-corrected chi connectivity index (χ1v) is 5.02. The third-order valence-electron chi connectivity index (χ3n) is 1.95. The van der Waals surface area contributed by atoms with Crippen LogP contribution in [0.1, 0.15) is 5.69 Å². The van der Waals surface area contributed by atoms with Gasteiger partial charge in [0.15, 0.2) is 6.61 Å². The first kappa shape index (κ1) is 13.6. The van der Waals surface area contributed by atoms with Crippen LogP contribution in [0.5, 0.6) is 5.88 Å². The molecule has 3 N–H and O–H groups in total. The number of hydrogen-bond donors (Lipinski definition) is 2.